The Morgan fingerprint density at radius 2 is 2.16 bits per heavy atom. The summed E-state index contributed by atoms with van der Waals surface area (Å²) in [6, 6.07) is 11.9. The van der Waals surface area contributed by atoms with Crippen LogP contribution in [0.1, 0.15) is 16.1 Å². The second-order valence-electron chi connectivity index (χ2n) is 3.89. The lowest BCUT2D eigenvalue weighted by molar-refractivity contribution is 0.0988. The molecule has 4 nitrogen and oxygen atoms in total. The average Bonchev–Trinajstić information content (AvgIpc) is 2.45. The van der Waals surface area contributed by atoms with Gasteiger partial charge in [-0.2, -0.15) is 5.26 Å². The summed E-state index contributed by atoms with van der Waals surface area (Å²) in [5.41, 5.74) is 1.39. The number of rotatable bonds is 2. The van der Waals surface area contributed by atoms with E-state index in [1.54, 1.807) is 37.4 Å². The number of hydrogen-bond donors (Lipinski definition) is 0. The summed E-state index contributed by atoms with van der Waals surface area (Å²) in [4.78, 5) is 17.6. The number of benzene rings is 1. The maximum atomic E-state index is 12.2. The average molecular weight is 272 g/mol. The first-order valence-electron chi connectivity index (χ1n) is 5.51. The molecule has 0 spiro atoms. The van der Waals surface area contributed by atoms with Crippen molar-refractivity contribution in [2.45, 2.75) is 0 Å². The summed E-state index contributed by atoms with van der Waals surface area (Å²) in [6.07, 6.45) is 1.48. The second kappa shape index (κ2) is 5.51. The molecule has 1 heterocycles. The summed E-state index contributed by atoms with van der Waals surface area (Å²) in [6.45, 7) is 0. The van der Waals surface area contributed by atoms with E-state index in [9.17, 15) is 4.79 Å². The van der Waals surface area contributed by atoms with Crippen molar-refractivity contribution in [1.82, 2.24) is 4.98 Å². The SMILES string of the molecule is CN(C(=O)c1cc(Cl)ccn1)c1cccc(C#N)c1. The molecule has 0 aliphatic rings. The molecular weight excluding hydrogens is 262 g/mol. The van der Waals surface area contributed by atoms with Gasteiger partial charge >= 0.3 is 0 Å². The van der Waals surface area contributed by atoms with Crippen LogP contribution in [0.5, 0.6) is 0 Å². The first kappa shape index (κ1) is 13.1. The van der Waals surface area contributed by atoms with Crippen molar-refractivity contribution < 1.29 is 4.79 Å². The van der Waals surface area contributed by atoms with Crippen molar-refractivity contribution in [1.29, 1.82) is 5.26 Å². The van der Waals surface area contributed by atoms with E-state index in [-0.39, 0.29) is 11.6 Å². The van der Waals surface area contributed by atoms with Crippen LogP contribution in [-0.4, -0.2) is 17.9 Å². The predicted molar refractivity (Wildman–Crippen MR) is 73.1 cm³/mol. The van der Waals surface area contributed by atoms with Crippen LogP contribution in [0.3, 0.4) is 0 Å². The van der Waals surface area contributed by atoms with E-state index in [4.69, 9.17) is 16.9 Å². The molecule has 94 valence electrons. The number of nitriles is 1. The Kier molecular flexibility index (Phi) is 3.79. The zero-order chi connectivity index (χ0) is 13.8. The number of carbonyl (C=O) groups excluding carboxylic acids is 1. The third-order valence-electron chi connectivity index (χ3n) is 2.61. The molecular formula is C14H10ClN3O. The summed E-state index contributed by atoms with van der Waals surface area (Å²) in [7, 11) is 1.63. The predicted octanol–water partition coefficient (Wildman–Crippen LogP) is 2.88. The fourth-order valence-corrected chi connectivity index (χ4v) is 1.75. The lowest BCUT2D eigenvalue weighted by Gasteiger charge is -2.17. The van der Waals surface area contributed by atoms with Gasteiger partial charge in [0, 0.05) is 24.0 Å². The summed E-state index contributed by atoms with van der Waals surface area (Å²) < 4.78 is 0. The van der Waals surface area contributed by atoms with E-state index < -0.39 is 0 Å². The Morgan fingerprint density at radius 1 is 1.37 bits per heavy atom. The van der Waals surface area contributed by atoms with E-state index in [2.05, 4.69) is 4.98 Å². The van der Waals surface area contributed by atoms with Gasteiger partial charge in [-0.3, -0.25) is 9.78 Å². The van der Waals surface area contributed by atoms with Crippen molar-refractivity contribution in [2.24, 2.45) is 0 Å². The van der Waals surface area contributed by atoms with E-state index in [1.807, 2.05) is 6.07 Å². The fraction of sp³-hybridized carbons (Fsp3) is 0.0714. The number of anilines is 1. The van der Waals surface area contributed by atoms with Crippen LogP contribution in [0.4, 0.5) is 5.69 Å². The number of pyridine rings is 1. The lowest BCUT2D eigenvalue weighted by atomic mass is 10.2. The number of hydrogen-bond acceptors (Lipinski definition) is 3. The highest BCUT2D eigenvalue weighted by molar-refractivity contribution is 6.31. The molecule has 0 atom stereocenters. The topological polar surface area (TPSA) is 57.0 Å². The Labute approximate surface area is 115 Å². The number of aromatic nitrogens is 1. The Hall–Kier alpha value is -2.38. The van der Waals surface area contributed by atoms with Crippen LogP contribution < -0.4 is 4.90 Å². The van der Waals surface area contributed by atoms with Crippen LogP contribution in [0.25, 0.3) is 0 Å². The Bertz CT molecular complexity index is 664. The highest BCUT2D eigenvalue weighted by Gasteiger charge is 2.15. The molecule has 19 heavy (non-hydrogen) atoms. The molecule has 1 aromatic heterocycles. The molecule has 0 unspecified atom stereocenters. The number of amides is 1. The number of carbonyl (C=O) groups is 1. The van der Waals surface area contributed by atoms with Gasteiger partial charge in [0.2, 0.25) is 0 Å². The van der Waals surface area contributed by atoms with Gasteiger partial charge in [0.15, 0.2) is 0 Å². The molecule has 0 bridgehead atoms. The van der Waals surface area contributed by atoms with Gasteiger partial charge in [-0.1, -0.05) is 17.7 Å². The van der Waals surface area contributed by atoms with E-state index >= 15 is 0 Å². The molecule has 0 saturated carbocycles. The van der Waals surface area contributed by atoms with Gasteiger partial charge in [0.1, 0.15) is 5.69 Å². The molecule has 2 aromatic rings. The molecule has 0 aliphatic carbocycles. The Balaban J connectivity index is 2.31. The fourth-order valence-electron chi connectivity index (χ4n) is 1.59. The molecule has 2 rings (SSSR count). The van der Waals surface area contributed by atoms with Gasteiger partial charge in [-0.25, -0.2) is 0 Å². The van der Waals surface area contributed by atoms with Crippen molar-refractivity contribution in [3.05, 3.63) is 58.9 Å². The molecule has 1 amide bonds. The maximum absolute atomic E-state index is 12.2. The van der Waals surface area contributed by atoms with E-state index in [0.29, 0.717) is 16.3 Å². The third-order valence-corrected chi connectivity index (χ3v) is 2.84. The van der Waals surface area contributed by atoms with Crippen LogP contribution in [0, 0.1) is 11.3 Å². The Morgan fingerprint density at radius 3 is 2.84 bits per heavy atom. The van der Waals surface area contributed by atoms with Gasteiger partial charge in [0.05, 0.1) is 11.6 Å². The van der Waals surface area contributed by atoms with Crippen molar-refractivity contribution >= 4 is 23.2 Å². The first-order chi connectivity index (χ1) is 9.11. The lowest BCUT2D eigenvalue weighted by Crippen LogP contribution is -2.27. The molecule has 0 N–H and O–H groups in total. The minimum absolute atomic E-state index is 0.261. The first-order valence-corrected chi connectivity index (χ1v) is 5.89. The van der Waals surface area contributed by atoms with E-state index in [1.165, 1.54) is 17.2 Å². The largest absolute Gasteiger partial charge is 0.310 e. The standard InChI is InChI=1S/C14H10ClN3O/c1-18(12-4-2-3-10(7-12)9-16)14(19)13-8-11(15)5-6-17-13/h2-8H,1H3. The highest BCUT2D eigenvalue weighted by Crippen LogP contribution is 2.17. The quantitative estimate of drug-likeness (QED) is 0.844. The summed E-state index contributed by atoms with van der Waals surface area (Å²) in [5, 5.41) is 9.31. The van der Waals surface area contributed by atoms with Crippen LogP contribution in [0.15, 0.2) is 42.6 Å². The van der Waals surface area contributed by atoms with Crippen molar-refractivity contribution in [3.8, 4) is 6.07 Å². The zero-order valence-electron chi connectivity index (χ0n) is 10.2. The summed E-state index contributed by atoms with van der Waals surface area (Å²) >= 11 is 5.83. The minimum Gasteiger partial charge on any atom is -0.310 e. The smallest absolute Gasteiger partial charge is 0.276 e. The maximum Gasteiger partial charge on any atom is 0.276 e. The molecule has 1 aromatic carbocycles. The molecule has 0 aliphatic heterocycles. The molecule has 5 heteroatoms. The molecule has 0 fully saturated rings. The van der Waals surface area contributed by atoms with E-state index in [0.717, 1.165) is 0 Å². The van der Waals surface area contributed by atoms with Crippen molar-refractivity contribution in [2.75, 3.05) is 11.9 Å². The van der Waals surface area contributed by atoms with Gasteiger partial charge in [-0.15, -0.1) is 0 Å². The van der Waals surface area contributed by atoms with Gasteiger partial charge < -0.3 is 4.90 Å². The van der Waals surface area contributed by atoms with Crippen molar-refractivity contribution in [3.63, 3.8) is 0 Å². The number of halogens is 1. The minimum atomic E-state index is -0.280. The molecule has 0 saturated heterocycles. The second-order valence-corrected chi connectivity index (χ2v) is 4.32. The molecule has 0 radical (unpaired) electrons. The zero-order valence-corrected chi connectivity index (χ0v) is 10.9. The van der Waals surface area contributed by atoms with Gasteiger partial charge in [0.25, 0.3) is 5.91 Å². The normalized spacial score (nSPS) is 9.74. The highest BCUT2D eigenvalue weighted by atomic mass is 35.5. The number of nitrogens with zero attached hydrogens (tertiary/aromatic N) is 3. The van der Waals surface area contributed by atoms with Crippen LogP contribution in [-0.2, 0) is 0 Å². The monoisotopic (exact) mass is 271 g/mol. The third kappa shape index (κ3) is 2.90. The summed E-state index contributed by atoms with van der Waals surface area (Å²) in [5.74, 6) is -0.280. The van der Waals surface area contributed by atoms with Gasteiger partial charge in [-0.05, 0) is 30.3 Å². The van der Waals surface area contributed by atoms with Crippen LogP contribution >= 0.6 is 11.6 Å². The van der Waals surface area contributed by atoms with Crippen LogP contribution in [0.2, 0.25) is 5.02 Å².